The average molecular weight is 855 g/mol. The largest absolute Gasteiger partial charge is 0.469 e. The Hall–Kier alpha value is -4.76. The first-order valence-electron chi connectivity index (χ1n) is 19.1. The van der Waals surface area contributed by atoms with Crippen molar-refractivity contribution in [2.24, 2.45) is 11.7 Å². The summed E-state index contributed by atoms with van der Waals surface area (Å²) >= 11 is 0. The second-order valence-corrected chi connectivity index (χ2v) is 15.3. The monoisotopic (exact) mass is 854 g/mol. The Morgan fingerprint density at radius 2 is 1.56 bits per heavy atom. The third-order valence-corrected chi connectivity index (χ3v) is 9.31. The number of unbranched alkanes of at least 4 members (excludes halogenated alkanes) is 1. The molecule has 59 heavy (non-hydrogen) atoms. The third kappa shape index (κ3) is 20.2. The van der Waals surface area contributed by atoms with Gasteiger partial charge in [-0.3, -0.25) is 33.3 Å². The molecule has 21 nitrogen and oxygen atoms in total. The van der Waals surface area contributed by atoms with E-state index in [-0.39, 0.29) is 56.6 Å². The number of aromatic amines is 1. The number of ether oxygens (including phenoxy) is 2. The zero-order chi connectivity index (χ0) is 44.0. The molecule has 0 unspecified atom stereocenters. The van der Waals surface area contributed by atoms with Crippen LogP contribution in [0.15, 0.2) is 42.7 Å². The molecule has 22 heteroatoms. The van der Waals surface area contributed by atoms with Crippen molar-refractivity contribution in [2.45, 2.75) is 89.6 Å². The normalized spacial score (nSPS) is 14.0. The van der Waals surface area contributed by atoms with E-state index in [1.165, 1.54) is 24.4 Å². The number of rotatable bonds is 29. The number of aromatic nitrogens is 2. The van der Waals surface area contributed by atoms with E-state index < -0.39 is 74.2 Å². The van der Waals surface area contributed by atoms with E-state index in [1.807, 2.05) is 44.2 Å². The summed E-state index contributed by atoms with van der Waals surface area (Å²) in [5.41, 5.74) is 6.44. The maximum atomic E-state index is 13.8. The number of nitrogens with two attached hydrogens (primary N) is 1. The highest BCUT2D eigenvalue weighted by molar-refractivity contribution is 7.46. The molecule has 1 heterocycles. The van der Waals surface area contributed by atoms with E-state index >= 15 is 0 Å². The molecule has 0 bridgehead atoms. The molecule has 0 saturated heterocycles. The highest BCUT2D eigenvalue weighted by Crippen LogP contribution is 2.38. The molecule has 0 spiro atoms. The van der Waals surface area contributed by atoms with E-state index in [9.17, 15) is 38.4 Å². The Morgan fingerprint density at radius 3 is 2.15 bits per heavy atom. The first kappa shape index (κ1) is 50.4. The zero-order valence-electron chi connectivity index (χ0n) is 33.8. The van der Waals surface area contributed by atoms with Crippen LogP contribution in [0.1, 0.15) is 57.8 Å². The molecular weight excluding hydrogens is 795 g/mol. The van der Waals surface area contributed by atoms with Gasteiger partial charge in [-0.25, -0.2) is 9.55 Å². The van der Waals surface area contributed by atoms with Crippen LogP contribution >= 0.6 is 7.82 Å². The Bertz CT molecular complexity index is 1660. The molecule has 6 amide bonds. The van der Waals surface area contributed by atoms with Crippen molar-refractivity contribution in [3.8, 4) is 0 Å². The number of methoxy groups -OCH3 is 1. The molecule has 330 valence electrons. The smallest absolute Gasteiger partial charge is 0.394 e. The van der Waals surface area contributed by atoms with Crippen molar-refractivity contribution in [1.82, 2.24) is 36.1 Å². The lowest BCUT2D eigenvalue weighted by Crippen LogP contribution is -2.61. The molecule has 2 rings (SSSR count). The highest BCUT2D eigenvalue weighted by Gasteiger charge is 2.35. The van der Waals surface area contributed by atoms with E-state index in [0.717, 1.165) is 25.3 Å². The maximum absolute atomic E-state index is 13.8. The second kappa shape index (κ2) is 26.4. The number of carbonyl (C=O) groups excluding carboxylic acids is 6. The summed E-state index contributed by atoms with van der Waals surface area (Å²) in [5.74, 6) is -4.95. The van der Waals surface area contributed by atoms with Gasteiger partial charge in [0.25, 0.3) is 0 Å². The van der Waals surface area contributed by atoms with E-state index in [0.29, 0.717) is 19.6 Å². The van der Waals surface area contributed by atoms with Gasteiger partial charge in [-0.2, -0.15) is 0 Å². The number of H-pyrrole nitrogens is 1. The Morgan fingerprint density at radius 1 is 0.898 bits per heavy atom. The van der Waals surface area contributed by atoms with Crippen LogP contribution in [-0.4, -0.2) is 142 Å². The molecule has 5 atom stereocenters. The molecule has 0 aliphatic rings. The molecule has 0 aliphatic heterocycles. The molecule has 0 saturated carbocycles. The van der Waals surface area contributed by atoms with Crippen molar-refractivity contribution in [2.75, 3.05) is 46.6 Å². The summed E-state index contributed by atoms with van der Waals surface area (Å²) in [6.07, 6.45) is 3.33. The number of benzene rings is 1. The summed E-state index contributed by atoms with van der Waals surface area (Å²) in [6.45, 7) is 4.40. The lowest BCUT2D eigenvalue weighted by atomic mass is 10.0. The van der Waals surface area contributed by atoms with Crippen LogP contribution in [0, 0.1) is 5.92 Å². The van der Waals surface area contributed by atoms with Crippen molar-refractivity contribution >= 4 is 43.3 Å². The lowest BCUT2D eigenvalue weighted by Gasteiger charge is -2.27. The van der Waals surface area contributed by atoms with Crippen LogP contribution in [0.3, 0.4) is 0 Å². The first-order chi connectivity index (χ1) is 27.9. The van der Waals surface area contributed by atoms with Crippen LogP contribution in [0.4, 0.5) is 0 Å². The van der Waals surface area contributed by atoms with E-state index in [1.54, 1.807) is 0 Å². The number of nitrogens with one attached hydrogen (secondary N) is 5. The topological polar surface area (TPSA) is 314 Å². The Kier molecular flexibility index (Phi) is 22.5. The number of phosphoric acid groups is 1. The number of aliphatic hydroxyl groups excluding tert-OH is 1. The summed E-state index contributed by atoms with van der Waals surface area (Å²) in [5, 5.41) is 19.7. The molecule has 0 fully saturated rings. The Balaban J connectivity index is 2.21. The molecular formula is C37H59N8O13P. The number of nitrogens with zero attached hydrogens (tertiary/aromatic N) is 2. The molecule has 0 radical (unpaired) electrons. The van der Waals surface area contributed by atoms with Crippen LogP contribution < -0.4 is 27.0 Å². The predicted molar refractivity (Wildman–Crippen MR) is 212 cm³/mol. The van der Waals surface area contributed by atoms with E-state index in [2.05, 4.69) is 35.8 Å². The number of aryl methyl sites for hydroxylation is 1. The highest BCUT2D eigenvalue weighted by atomic mass is 31.2. The minimum absolute atomic E-state index is 0.0193. The van der Waals surface area contributed by atoms with Gasteiger partial charge in [0.15, 0.2) is 0 Å². The van der Waals surface area contributed by atoms with Crippen LogP contribution in [-0.2, 0) is 60.2 Å². The number of amides is 6. The summed E-state index contributed by atoms with van der Waals surface area (Å²) < 4.78 is 26.2. The zero-order valence-corrected chi connectivity index (χ0v) is 34.7. The van der Waals surface area contributed by atoms with Gasteiger partial charge in [0, 0.05) is 32.5 Å². The van der Waals surface area contributed by atoms with Crippen molar-refractivity contribution in [3.05, 3.63) is 54.1 Å². The molecule has 2 aromatic rings. The maximum Gasteiger partial charge on any atom is 0.469 e. The minimum atomic E-state index is -5.11. The summed E-state index contributed by atoms with van der Waals surface area (Å²) in [7, 11) is -3.58. The molecule has 1 aromatic carbocycles. The molecule has 1 aromatic heterocycles. The quantitative estimate of drug-likeness (QED) is 0.0344. The van der Waals surface area contributed by atoms with Gasteiger partial charge >= 0.3 is 7.82 Å². The predicted octanol–water partition coefficient (Wildman–Crippen LogP) is -1.18. The average Bonchev–Trinajstić information content (AvgIpc) is 3.68. The molecule has 10 N–H and O–H groups in total. The summed E-state index contributed by atoms with van der Waals surface area (Å²) in [4.78, 5) is 106. The van der Waals surface area contributed by atoms with Gasteiger partial charge in [-0.15, -0.1) is 0 Å². The van der Waals surface area contributed by atoms with Crippen LogP contribution in [0.2, 0.25) is 0 Å². The van der Waals surface area contributed by atoms with Crippen LogP contribution in [0.25, 0.3) is 0 Å². The van der Waals surface area contributed by atoms with Gasteiger partial charge < -0.3 is 61.3 Å². The Labute approximate surface area is 343 Å². The number of hydrogen-bond acceptors (Lipinski definition) is 12. The van der Waals surface area contributed by atoms with Gasteiger partial charge in [0.05, 0.1) is 45.5 Å². The number of primary amides is 1. The standard InChI is InChI=1S/C37H59N8O13P/c1-24(2)20-27(41-31(47)22-45(32(48)13-17-57-19-18-56-4)16-9-8-12-26-10-6-5-7-11-26)35(50)42-28(21-30-39-14-15-40-30)36(51)43-29(23-46)37(52)44-33(34(38)49)25(3)58-59(53,54)55/h5-7,10-11,14-15,24-25,27-29,33,46H,8-9,12-13,16-23H2,1-4H3,(H2,38,49)(H,39,40)(H,41,47)(H,42,50)(H,43,51)(H,44,52)(H2,53,54,55)/t25-,27+,28+,29+,33+/m1/s1. The fourth-order valence-corrected chi connectivity index (χ4v) is 6.30. The lowest BCUT2D eigenvalue weighted by molar-refractivity contribution is -0.138. The van der Waals surface area contributed by atoms with Gasteiger partial charge in [-0.1, -0.05) is 44.2 Å². The fourth-order valence-electron chi connectivity index (χ4n) is 5.75. The first-order valence-corrected chi connectivity index (χ1v) is 20.7. The number of phosphoric ester groups is 1. The van der Waals surface area contributed by atoms with Gasteiger partial charge in [0.1, 0.15) is 30.0 Å². The van der Waals surface area contributed by atoms with Crippen molar-refractivity contribution in [1.29, 1.82) is 0 Å². The van der Waals surface area contributed by atoms with Crippen molar-refractivity contribution in [3.63, 3.8) is 0 Å². The summed E-state index contributed by atoms with van der Waals surface area (Å²) in [6, 6.07) is 3.71. The number of carbonyl (C=O) groups is 6. The minimum Gasteiger partial charge on any atom is -0.394 e. The second-order valence-electron chi connectivity index (χ2n) is 14.1. The SMILES string of the molecule is COCCOCCC(=O)N(CCCCc1ccccc1)CC(=O)N[C@@H](CC(C)C)C(=O)N[C@@H](Cc1ncc[nH]1)C(=O)N[C@@H](CO)C(=O)N[C@H](C(N)=O)[C@@H](C)OP(=O)(O)O. The number of hydrogen-bond donors (Lipinski definition) is 9. The van der Waals surface area contributed by atoms with Crippen molar-refractivity contribution < 1.29 is 62.2 Å². The van der Waals surface area contributed by atoms with Gasteiger partial charge in [0.2, 0.25) is 35.4 Å². The fraction of sp³-hybridized carbons (Fsp3) is 0.595. The van der Waals surface area contributed by atoms with Gasteiger partial charge in [-0.05, 0) is 44.1 Å². The number of aliphatic hydroxyl groups is 1. The van der Waals surface area contributed by atoms with Crippen LogP contribution in [0.5, 0.6) is 0 Å². The molecule has 0 aliphatic carbocycles. The third-order valence-electron chi connectivity index (χ3n) is 8.70. The van der Waals surface area contributed by atoms with E-state index in [4.69, 9.17) is 25.0 Å². The number of imidazole rings is 1.